The first-order valence-corrected chi connectivity index (χ1v) is 6.67. The van der Waals surface area contributed by atoms with Crippen LogP contribution in [0.25, 0.3) is 10.9 Å². The SMILES string of the molecule is O=C(Nc1ccccc1Br)c1cccc2cc[nH]c12. The zero-order chi connectivity index (χ0) is 13.2. The largest absolute Gasteiger partial charge is 0.361 e. The van der Waals surface area contributed by atoms with Gasteiger partial charge in [-0.2, -0.15) is 0 Å². The van der Waals surface area contributed by atoms with Gasteiger partial charge in [-0.1, -0.05) is 24.3 Å². The Morgan fingerprint density at radius 1 is 1.05 bits per heavy atom. The molecule has 0 aliphatic heterocycles. The van der Waals surface area contributed by atoms with Gasteiger partial charge in [-0.05, 0) is 40.2 Å². The van der Waals surface area contributed by atoms with E-state index < -0.39 is 0 Å². The number of aromatic amines is 1. The van der Waals surface area contributed by atoms with E-state index in [4.69, 9.17) is 0 Å². The maximum atomic E-state index is 12.3. The summed E-state index contributed by atoms with van der Waals surface area (Å²) in [4.78, 5) is 15.4. The third kappa shape index (κ3) is 2.27. The highest BCUT2D eigenvalue weighted by Crippen LogP contribution is 2.23. The number of H-pyrrole nitrogens is 1. The lowest BCUT2D eigenvalue weighted by molar-refractivity contribution is 0.102. The molecule has 0 fully saturated rings. The molecule has 2 aromatic carbocycles. The van der Waals surface area contributed by atoms with Crippen molar-refractivity contribution in [3.8, 4) is 0 Å². The first kappa shape index (κ1) is 12.0. The number of hydrogen-bond donors (Lipinski definition) is 2. The third-order valence-electron chi connectivity index (χ3n) is 2.95. The van der Waals surface area contributed by atoms with E-state index in [9.17, 15) is 4.79 Å². The number of carbonyl (C=O) groups excluding carboxylic acids is 1. The first-order chi connectivity index (χ1) is 9.25. The summed E-state index contributed by atoms with van der Waals surface area (Å²) >= 11 is 3.42. The molecule has 0 spiro atoms. The van der Waals surface area contributed by atoms with Crippen LogP contribution in [0.3, 0.4) is 0 Å². The van der Waals surface area contributed by atoms with Crippen LogP contribution in [0.15, 0.2) is 59.2 Å². The van der Waals surface area contributed by atoms with Crippen molar-refractivity contribution in [2.45, 2.75) is 0 Å². The fourth-order valence-electron chi connectivity index (χ4n) is 2.03. The van der Waals surface area contributed by atoms with E-state index in [1.54, 1.807) is 0 Å². The van der Waals surface area contributed by atoms with E-state index in [-0.39, 0.29) is 5.91 Å². The molecule has 1 aromatic heterocycles. The molecule has 2 N–H and O–H groups in total. The molecule has 3 nitrogen and oxygen atoms in total. The molecule has 0 aliphatic carbocycles. The number of nitrogens with one attached hydrogen (secondary N) is 2. The lowest BCUT2D eigenvalue weighted by Gasteiger charge is -2.08. The van der Waals surface area contributed by atoms with Gasteiger partial charge in [0.05, 0.1) is 16.8 Å². The molecule has 3 rings (SSSR count). The number of para-hydroxylation sites is 2. The Morgan fingerprint density at radius 3 is 2.74 bits per heavy atom. The smallest absolute Gasteiger partial charge is 0.257 e. The maximum absolute atomic E-state index is 12.3. The van der Waals surface area contributed by atoms with Crippen LogP contribution < -0.4 is 5.32 Å². The second kappa shape index (κ2) is 4.90. The molecule has 0 bridgehead atoms. The van der Waals surface area contributed by atoms with Crippen molar-refractivity contribution in [3.05, 3.63) is 64.8 Å². The zero-order valence-electron chi connectivity index (χ0n) is 9.98. The lowest BCUT2D eigenvalue weighted by atomic mass is 10.1. The van der Waals surface area contributed by atoms with Crippen LogP contribution in [0.2, 0.25) is 0 Å². The Labute approximate surface area is 118 Å². The molecule has 0 saturated carbocycles. The fraction of sp³-hybridized carbons (Fsp3) is 0. The fourth-order valence-corrected chi connectivity index (χ4v) is 2.41. The summed E-state index contributed by atoms with van der Waals surface area (Å²) in [7, 11) is 0. The van der Waals surface area contributed by atoms with Crippen LogP contribution in [0, 0.1) is 0 Å². The van der Waals surface area contributed by atoms with E-state index in [0.29, 0.717) is 5.56 Å². The van der Waals surface area contributed by atoms with Gasteiger partial charge in [-0.15, -0.1) is 0 Å². The van der Waals surface area contributed by atoms with Crippen LogP contribution in [-0.4, -0.2) is 10.9 Å². The maximum Gasteiger partial charge on any atom is 0.257 e. The Morgan fingerprint density at radius 2 is 1.89 bits per heavy atom. The Balaban J connectivity index is 1.97. The number of hydrogen-bond acceptors (Lipinski definition) is 1. The highest BCUT2D eigenvalue weighted by molar-refractivity contribution is 9.10. The number of carbonyl (C=O) groups is 1. The van der Waals surface area contributed by atoms with E-state index >= 15 is 0 Å². The standard InChI is InChI=1S/C15H11BrN2O/c16-12-6-1-2-7-13(12)18-15(19)11-5-3-4-10-8-9-17-14(10)11/h1-9,17H,(H,18,19). The van der Waals surface area contributed by atoms with Crippen LogP contribution in [0.1, 0.15) is 10.4 Å². The van der Waals surface area contributed by atoms with Gasteiger partial charge in [0, 0.05) is 16.1 Å². The Hall–Kier alpha value is -2.07. The number of rotatable bonds is 2. The number of amides is 1. The molecular formula is C15H11BrN2O. The third-order valence-corrected chi connectivity index (χ3v) is 3.65. The van der Waals surface area contributed by atoms with E-state index in [1.807, 2.05) is 54.7 Å². The number of aromatic nitrogens is 1. The highest BCUT2D eigenvalue weighted by Gasteiger charge is 2.11. The van der Waals surface area contributed by atoms with Gasteiger partial charge in [0.15, 0.2) is 0 Å². The Bertz CT molecular complexity index is 748. The number of fused-ring (bicyclic) bond motifs is 1. The first-order valence-electron chi connectivity index (χ1n) is 5.88. The molecule has 4 heteroatoms. The van der Waals surface area contributed by atoms with Gasteiger partial charge in [-0.3, -0.25) is 4.79 Å². The summed E-state index contributed by atoms with van der Waals surface area (Å²) in [6.07, 6.45) is 1.83. The molecular weight excluding hydrogens is 304 g/mol. The summed E-state index contributed by atoms with van der Waals surface area (Å²) in [6, 6.07) is 15.2. The van der Waals surface area contributed by atoms with Crippen molar-refractivity contribution in [2.75, 3.05) is 5.32 Å². The topological polar surface area (TPSA) is 44.9 Å². The number of anilines is 1. The Kier molecular flexibility index (Phi) is 3.09. The van der Waals surface area contributed by atoms with Crippen LogP contribution in [0.5, 0.6) is 0 Å². The van der Waals surface area contributed by atoms with Gasteiger partial charge in [0.25, 0.3) is 5.91 Å². The molecule has 1 heterocycles. The minimum atomic E-state index is -0.125. The van der Waals surface area contributed by atoms with Gasteiger partial charge in [-0.25, -0.2) is 0 Å². The summed E-state index contributed by atoms with van der Waals surface area (Å²) in [6.45, 7) is 0. The predicted molar refractivity (Wildman–Crippen MR) is 80.4 cm³/mol. The highest BCUT2D eigenvalue weighted by atomic mass is 79.9. The second-order valence-corrected chi connectivity index (χ2v) is 5.04. The number of benzene rings is 2. The monoisotopic (exact) mass is 314 g/mol. The summed E-state index contributed by atoms with van der Waals surface area (Å²) in [5, 5.41) is 3.93. The molecule has 19 heavy (non-hydrogen) atoms. The quantitative estimate of drug-likeness (QED) is 0.732. The number of halogens is 1. The van der Waals surface area contributed by atoms with E-state index in [0.717, 1.165) is 21.1 Å². The van der Waals surface area contributed by atoms with Crippen LogP contribution in [0.4, 0.5) is 5.69 Å². The van der Waals surface area contributed by atoms with Crippen molar-refractivity contribution < 1.29 is 4.79 Å². The normalized spacial score (nSPS) is 10.6. The van der Waals surface area contributed by atoms with Gasteiger partial charge in [0.2, 0.25) is 0 Å². The van der Waals surface area contributed by atoms with Crippen molar-refractivity contribution in [3.63, 3.8) is 0 Å². The van der Waals surface area contributed by atoms with Crippen molar-refractivity contribution >= 4 is 38.4 Å². The molecule has 1 amide bonds. The van der Waals surface area contributed by atoms with Crippen molar-refractivity contribution in [2.24, 2.45) is 0 Å². The summed E-state index contributed by atoms with van der Waals surface area (Å²) < 4.78 is 0.863. The van der Waals surface area contributed by atoms with Crippen molar-refractivity contribution in [1.29, 1.82) is 0 Å². The molecule has 3 aromatic rings. The van der Waals surface area contributed by atoms with Gasteiger partial charge < -0.3 is 10.3 Å². The molecule has 0 unspecified atom stereocenters. The van der Waals surface area contributed by atoms with Crippen LogP contribution in [-0.2, 0) is 0 Å². The lowest BCUT2D eigenvalue weighted by Crippen LogP contribution is -2.12. The molecule has 0 radical (unpaired) electrons. The van der Waals surface area contributed by atoms with E-state index in [1.165, 1.54) is 0 Å². The molecule has 0 aliphatic rings. The summed E-state index contributed by atoms with van der Waals surface area (Å²) in [5.41, 5.74) is 2.25. The zero-order valence-corrected chi connectivity index (χ0v) is 11.6. The average molecular weight is 315 g/mol. The second-order valence-electron chi connectivity index (χ2n) is 4.18. The van der Waals surface area contributed by atoms with Gasteiger partial charge >= 0.3 is 0 Å². The average Bonchev–Trinajstić information content (AvgIpc) is 2.89. The predicted octanol–water partition coefficient (Wildman–Crippen LogP) is 4.18. The molecule has 94 valence electrons. The van der Waals surface area contributed by atoms with Crippen LogP contribution >= 0.6 is 15.9 Å². The molecule has 0 saturated heterocycles. The van der Waals surface area contributed by atoms with Gasteiger partial charge in [0.1, 0.15) is 0 Å². The van der Waals surface area contributed by atoms with Crippen molar-refractivity contribution in [1.82, 2.24) is 4.98 Å². The molecule has 0 atom stereocenters. The summed E-state index contributed by atoms with van der Waals surface area (Å²) in [5.74, 6) is -0.125. The minimum Gasteiger partial charge on any atom is -0.361 e. The minimum absolute atomic E-state index is 0.125. The van der Waals surface area contributed by atoms with E-state index in [2.05, 4.69) is 26.2 Å².